The molecule has 1 heterocycles. The van der Waals surface area contributed by atoms with E-state index in [1.807, 2.05) is 20.8 Å². The second-order valence-corrected chi connectivity index (χ2v) is 5.44. The Labute approximate surface area is 122 Å². The summed E-state index contributed by atoms with van der Waals surface area (Å²) in [7, 11) is 1.27. The van der Waals surface area contributed by atoms with E-state index >= 15 is 0 Å². The lowest BCUT2D eigenvalue weighted by atomic mass is 10.1. The zero-order valence-corrected chi connectivity index (χ0v) is 12.6. The highest BCUT2D eigenvalue weighted by atomic mass is 16.6. The third-order valence-electron chi connectivity index (χ3n) is 2.41. The van der Waals surface area contributed by atoms with E-state index in [0.717, 1.165) is 6.33 Å². The molecule has 0 saturated heterocycles. The van der Waals surface area contributed by atoms with Gasteiger partial charge in [-0.3, -0.25) is 14.9 Å². The fraction of sp³-hybridized carbons (Fsp3) is 0.583. The van der Waals surface area contributed by atoms with Gasteiger partial charge in [-0.15, -0.1) is 0 Å². The molecule has 9 heteroatoms. The van der Waals surface area contributed by atoms with Crippen molar-refractivity contribution in [2.24, 2.45) is 0 Å². The maximum atomic E-state index is 12.0. The summed E-state index contributed by atoms with van der Waals surface area (Å²) in [6, 6.07) is -0.706. The van der Waals surface area contributed by atoms with Gasteiger partial charge in [0.25, 0.3) is 5.88 Å². The van der Waals surface area contributed by atoms with Crippen LogP contribution < -0.4 is 15.4 Å². The predicted octanol–water partition coefficient (Wildman–Crippen LogP) is 1.11. The van der Waals surface area contributed by atoms with Crippen LogP contribution in [0.3, 0.4) is 0 Å². The van der Waals surface area contributed by atoms with Gasteiger partial charge in [0.1, 0.15) is 12.4 Å². The van der Waals surface area contributed by atoms with Gasteiger partial charge in [0.05, 0.1) is 12.0 Å². The maximum Gasteiger partial charge on any atom is 0.372 e. The van der Waals surface area contributed by atoms with Crippen LogP contribution in [0, 0.1) is 10.1 Å². The Bertz CT molecular complexity index is 541. The van der Waals surface area contributed by atoms with Crippen LogP contribution in [-0.2, 0) is 4.79 Å². The van der Waals surface area contributed by atoms with Crippen LogP contribution in [-0.4, -0.2) is 39.5 Å². The van der Waals surface area contributed by atoms with E-state index in [-0.39, 0.29) is 17.6 Å². The van der Waals surface area contributed by atoms with Crippen molar-refractivity contribution in [2.45, 2.75) is 39.3 Å². The fourth-order valence-electron chi connectivity index (χ4n) is 1.53. The second kappa shape index (κ2) is 6.33. The molecule has 21 heavy (non-hydrogen) atoms. The van der Waals surface area contributed by atoms with E-state index in [0.29, 0.717) is 0 Å². The van der Waals surface area contributed by atoms with E-state index in [9.17, 15) is 14.9 Å². The SMILES string of the molecule is COc1ncnc(NC(C)C(=O)NC(C)(C)C)c1[N+](=O)[O-]. The molecule has 0 spiro atoms. The first kappa shape index (κ1) is 16.6. The summed E-state index contributed by atoms with van der Waals surface area (Å²) in [5.74, 6) is -0.529. The van der Waals surface area contributed by atoms with Gasteiger partial charge in [0, 0.05) is 5.54 Å². The standard InChI is InChI=1S/C12H19N5O4/c1-7(10(18)16-12(2,3)4)15-9-8(17(19)20)11(21-5)14-6-13-9/h6-7H,1-5H3,(H,16,18)(H,13,14,15). The van der Waals surface area contributed by atoms with E-state index < -0.39 is 22.2 Å². The molecule has 0 aliphatic rings. The maximum absolute atomic E-state index is 12.0. The average molecular weight is 297 g/mol. The Morgan fingerprint density at radius 2 is 2.05 bits per heavy atom. The van der Waals surface area contributed by atoms with Crippen LogP contribution in [0.2, 0.25) is 0 Å². The normalized spacial score (nSPS) is 12.4. The summed E-state index contributed by atoms with van der Waals surface area (Å²) in [5, 5.41) is 16.6. The molecule has 1 aromatic rings. The van der Waals surface area contributed by atoms with E-state index in [1.165, 1.54) is 7.11 Å². The number of aromatic nitrogens is 2. The van der Waals surface area contributed by atoms with Gasteiger partial charge < -0.3 is 15.4 Å². The molecule has 0 radical (unpaired) electrons. The topological polar surface area (TPSA) is 119 Å². The number of amides is 1. The molecule has 1 atom stereocenters. The molecule has 1 unspecified atom stereocenters. The van der Waals surface area contributed by atoms with Crippen LogP contribution in [0.5, 0.6) is 5.88 Å². The van der Waals surface area contributed by atoms with Crippen molar-refractivity contribution in [1.82, 2.24) is 15.3 Å². The number of anilines is 1. The van der Waals surface area contributed by atoms with Crippen LogP contribution in [0.25, 0.3) is 0 Å². The number of hydrogen-bond acceptors (Lipinski definition) is 7. The van der Waals surface area contributed by atoms with Gasteiger partial charge in [0.2, 0.25) is 11.7 Å². The third-order valence-corrected chi connectivity index (χ3v) is 2.41. The van der Waals surface area contributed by atoms with Gasteiger partial charge in [-0.2, -0.15) is 4.98 Å². The smallest absolute Gasteiger partial charge is 0.372 e. The fourth-order valence-corrected chi connectivity index (χ4v) is 1.53. The number of nitro groups is 1. The number of ether oxygens (including phenoxy) is 1. The zero-order valence-electron chi connectivity index (χ0n) is 12.6. The molecular weight excluding hydrogens is 278 g/mol. The highest BCUT2D eigenvalue weighted by Crippen LogP contribution is 2.30. The predicted molar refractivity (Wildman–Crippen MR) is 76.2 cm³/mol. The molecule has 1 amide bonds. The van der Waals surface area contributed by atoms with Gasteiger partial charge in [-0.25, -0.2) is 4.98 Å². The van der Waals surface area contributed by atoms with E-state index in [2.05, 4.69) is 20.6 Å². The summed E-state index contributed by atoms with van der Waals surface area (Å²) in [4.78, 5) is 29.9. The number of nitrogens with zero attached hydrogens (tertiary/aromatic N) is 3. The van der Waals surface area contributed by atoms with Crippen LogP contribution in [0.1, 0.15) is 27.7 Å². The molecule has 0 aliphatic carbocycles. The molecule has 1 aromatic heterocycles. The number of carbonyl (C=O) groups is 1. The van der Waals surface area contributed by atoms with Crippen molar-refractivity contribution in [1.29, 1.82) is 0 Å². The quantitative estimate of drug-likeness (QED) is 0.617. The van der Waals surface area contributed by atoms with Crippen LogP contribution in [0.15, 0.2) is 6.33 Å². The molecule has 0 saturated carbocycles. The zero-order chi connectivity index (χ0) is 16.2. The first-order valence-electron chi connectivity index (χ1n) is 6.27. The van der Waals surface area contributed by atoms with Gasteiger partial charge in [-0.05, 0) is 27.7 Å². The minimum atomic E-state index is -0.706. The largest absolute Gasteiger partial charge is 0.476 e. The summed E-state index contributed by atoms with van der Waals surface area (Å²) < 4.78 is 4.84. The molecular formula is C12H19N5O4. The molecule has 0 aliphatic heterocycles. The Morgan fingerprint density at radius 1 is 1.43 bits per heavy atom. The Morgan fingerprint density at radius 3 is 2.52 bits per heavy atom. The summed E-state index contributed by atoms with van der Waals surface area (Å²) in [5.41, 5.74) is -0.808. The number of nitrogens with one attached hydrogen (secondary N) is 2. The van der Waals surface area contributed by atoms with Crippen LogP contribution in [0.4, 0.5) is 11.5 Å². The van der Waals surface area contributed by atoms with Gasteiger partial charge in [0.15, 0.2) is 0 Å². The Hall–Kier alpha value is -2.45. The van der Waals surface area contributed by atoms with Crippen molar-refractivity contribution < 1.29 is 14.5 Å². The molecule has 116 valence electrons. The molecule has 0 aromatic carbocycles. The molecule has 0 bridgehead atoms. The highest BCUT2D eigenvalue weighted by molar-refractivity contribution is 5.85. The molecule has 9 nitrogen and oxygen atoms in total. The average Bonchev–Trinajstić information content (AvgIpc) is 2.35. The number of rotatable bonds is 5. The molecule has 1 rings (SSSR count). The number of hydrogen-bond donors (Lipinski definition) is 2. The monoisotopic (exact) mass is 297 g/mol. The summed E-state index contributed by atoms with van der Waals surface area (Å²) >= 11 is 0. The van der Waals surface area contributed by atoms with Crippen molar-refractivity contribution in [3.63, 3.8) is 0 Å². The first-order chi connectivity index (χ1) is 9.65. The Kier molecular flexibility index (Phi) is 5.01. The number of methoxy groups -OCH3 is 1. The lowest BCUT2D eigenvalue weighted by Crippen LogP contribution is -2.47. The van der Waals surface area contributed by atoms with Crippen molar-refractivity contribution >= 4 is 17.4 Å². The third kappa shape index (κ3) is 4.55. The number of carbonyl (C=O) groups excluding carboxylic acids is 1. The van der Waals surface area contributed by atoms with E-state index in [4.69, 9.17) is 4.74 Å². The van der Waals surface area contributed by atoms with Crippen molar-refractivity contribution in [2.75, 3.05) is 12.4 Å². The van der Waals surface area contributed by atoms with Crippen molar-refractivity contribution in [3.05, 3.63) is 16.4 Å². The van der Waals surface area contributed by atoms with Crippen molar-refractivity contribution in [3.8, 4) is 5.88 Å². The lowest BCUT2D eigenvalue weighted by Gasteiger charge is -2.23. The highest BCUT2D eigenvalue weighted by Gasteiger charge is 2.27. The summed E-state index contributed by atoms with van der Waals surface area (Å²) in [6.07, 6.45) is 1.13. The first-order valence-corrected chi connectivity index (χ1v) is 6.27. The van der Waals surface area contributed by atoms with Crippen LogP contribution >= 0.6 is 0 Å². The summed E-state index contributed by atoms with van der Waals surface area (Å²) in [6.45, 7) is 7.11. The van der Waals surface area contributed by atoms with Gasteiger partial charge >= 0.3 is 5.69 Å². The minimum absolute atomic E-state index is 0.0663. The second-order valence-electron chi connectivity index (χ2n) is 5.44. The minimum Gasteiger partial charge on any atom is -0.476 e. The van der Waals surface area contributed by atoms with Gasteiger partial charge in [-0.1, -0.05) is 0 Å². The lowest BCUT2D eigenvalue weighted by molar-refractivity contribution is -0.385. The Balaban J connectivity index is 2.97. The van der Waals surface area contributed by atoms with E-state index in [1.54, 1.807) is 6.92 Å². The molecule has 2 N–H and O–H groups in total. The molecule has 0 fully saturated rings.